The zero-order chi connectivity index (χ0) is 11.0. The Hall–Kier alpha value is -0.0600. The van der Waals surface area contributed by atoms with Gasteiger partial charge in [0.1, 0.15) is 5.82 Å². The molecular formula is C11H13BrFNS. The van der Waals surface area contributed by atoms with E-state index in [2.05, 4.69) is 28.2 Å². The molecular weight excluding hydrogens is 277 g/mol. The molecule has 0 amide bonds. The third-order valence-electron chi connectivity index (χ3n) is 2.83. The van der Waals surface area contributed by atoms with E-state index in [9.17, 15) is 4.39 Å². The molecule has 1 aliphatic heterocycles. The first kappa shape index (κ1) is 11.4. The molecule has 0 fully saturated rings. The van der Waals surface area contributed by atoms with Crippen molar-refractivity contribution in [2.24, 2.45) is 0 Å². The van der Waals surface area contributed by atoms with Gasteiger partial charge >= 0.3 is 0 Å². The van der Waals surface area contributed by atoms with E-state index in [1.54, 1.807) is 6.07 Å². The Kier molecular flexibility index (Phi) is 3.38. The van der Waals surface area contributed by atoms with Crippen molar-refractivity contribution in [3.05, 3.63) is 33.5 Å². The Morgan fingerprint density at radius 3 is 2.93 bits per heavy atom. The second-order valence-electron chi connectivity index (χ2n) is 3.70. The monoisotopic (exact) mass is 289 g/mol. The molecule has 2 rings (SSSR count). The number of thioether (sulfide) groups is 1. The summed E-state index contributed by atoms with van der Waals surface area (Å²) in [5.41, 5.74) is 1.93. The largest absolute Gasteiger partial charge is 0.312 e. The van der Waals surface area contributed by atoms with E-state index >= 15 is 0 Å². The van der Waals surface area contributed by atoms with Gasteiger partial charge in [-0.05, 0) is 24.7 Å². The zero-order valence-electron chi connectivity index (χ0n) is 8.68. The highest BCUT2D eigenvalue weighted by atomic mass is 79.9. The summed E-state index contributed by atoms with van der Waals surface area (Å²) in [4.78, 5) is 0. The van der Waals surface area contributed by atoms with Crippen LogP contribution < -0.4 is 5.32 Å². The van der Waals surface area contributed by atoms with Gasteiger partial charge in [0.05, 0.1) is 0 Å². The minimum absolute atomic E-state index is 0.0975. The molecule has 0 spiro atoms. The summed E-state index contributed by atoms with van der Waals surface area (Å²) in [7, 11) is 1.89. The lowest BCUT2D eigenvalue weighted by atomic mass is 9.98. The molecule has 1 nitrogen and oxygen atoms in total. The Labute approximate surface area is 102 Å². The number of rotatable bonds is 1. The first-order chi connectivity index (χ1) is 7.15. The van der Waals surface area contributed by atoms with Crippen molar-refractivity contribution in [1.29, 1.82) is 0 Å². The number of halogens is 2. The van der Waals surface area contributed by atoms with Crippen molar-refractivity contribution < 1.29 is 4.39 Å². The third-order valence-corrected chi connectivity index (χ3v) is 4.82. The van der Waals surface area contributed by atoms with Gasteiger partial charge in [-0.1, -0.05) is 22.9 Å². The smallest absolute Gasteiger partial charge is 0.128 e. The SMILES string of the molecule is CNC1c2c(F)ccc(Br)c2CSC1C. The minimum Gasteiger partial charge on any atom is -0.312 e. The van der Waals surface area contributed by atoms with Crippen LogP contribution in [0.5, 0.6) is 0 Å². The van der Waals surface area contributed by atoms with Gasteiger partial charge in [0.25, 0.3) is 0 Å². The number of fused-ring (bicyclic) bond motifs is 1. The van der Waals surface area contributed by atoms with E-state index in [0.29, 0.717) is 5.25 Å². The average molecular weight is 290 g/mol. The summed E-state index contributed by atoms with van der Waals surface area (Å²) in [6.07, 6.45) is 0. The summed E-state index contributed by atoms with van der Waals surface area (Å²) in [5.74, 6) is 0.784. The third kappa shape index (κ3) is 1.95. The van der Waals surface area contributed by atoms with E-state index in [0.717, 1.165) is 21.4 Å². The Morgan fingerprint density at radius 1 is 1.53 bits per heavy atom. The van der Waals surface area contributed by atoms with E-state index in [4.69, 9.17) is 0 Å². The first-order valence-corrected chi connectivity index (χ1v) is 6.75. The molecule has 1 aromatic carbocycles. The van der Waals surface area contributed by atoms with Gasteiger partial charge in [0.2, 0.25) is 0 Å². The van der Waals surface area contributed by atoms with Gasteiger partial charge in [0.15, 0.2) is 0 Å². The number of hydrogen-bond acceptors (Lipinski definition) is 2. The molecule has 0 aliphatic carbocycles. The normalized spacial score (nSPS) is 25.1. The van der Waals surface area contributed by atoms with Gasteiger partial charge < -0.3 is 5.32 Å². The summed E-state index contributed by atoms with van der Waals surface area (Å²) < 4.78 is 14.8. The van der Waals surface area contributed by atoms with Gasteiger partial charge in [-0.3, -0.25) is 0 Å². The van der Waals surface area contributed by atoms with Crippen LogP contribution in [0.25, 0.3) is 0 Å². The van der Waals surface area contributed by atoms with Crippen molar-refractivity contribution in [3.8, 4) is 0 Å². The van der Waals surface area contributed by atoms with Crippen LogP contribution in [0.3, 0.4) is 0 Å². The standard InChI is InChI=1S/C11H13BrFNS/c1-6-11(14-2)10-7(5-15-6)8(12)3-4-9(10)13/h3-4,6,11,14H,5H2,1-2H3. The van der Waals surface area contributed by atoms with E-state index in [1.165, 1.54) is 6.07 Å². The predicted octanol–water partition coefficient (Wildman–Crippen LogP) is 3.48. The minimum atomic E-state index is -0.0975. The summed E-state index contributed by atoms with van der Waals surface area (Å²) in [6.45, 7) is 2.13. The van der Waals surface area contributed by atoms with Gasteiger partial charge in [0, 0.05) is 27.1 Å². The predicted molar refractivity (Wildman–Crippen MR) is 66.7 cm³/mol. The molecule has 0 bridgehead atoms. The van der Waals surface area contributed by atoms with Crippen LogP contribution in [0, 0.1) is 5.82 Å². The summed E-state index contributed by atoms with van der Waals surface area (Å²) >= 11 is 5.34. The Morgan fingerprint density at radius 2 is 2.27 bits per heavy atom. The maximum atomic E-state index is 13.8. The van der Waals surface area contributed by atoms with Crippen molar-refractivity contribution in [2.75, 3.05) is 7.05 Å². The maximum Gasteiger partial charge on any atom is 0.128 e. The lowest BCUT2D eigenvalue weighted by molar-refractivity contribution is 0.523. The van der Waals surface area contributed by atoms with Crippen LogP contribution in [-0.2, 0) is 5.75 Å². The van der Waals surface area contributed by atoms with Crippen LogP contribution >= 0.6 is 27.7 Å². The van der Waals surface area contributed by atoms with Crippen LogP contribution in [0.2, 0.25) is 0 Å². The second-order valence-corrected chi connectivity index (χ2v) is 5.92. The molecule has 1 aromatic rings. The second kappa shape index (κ2) is 4.44. The van der Waals surface area contributed by atoms with E-state index < -0.39 is 0 Å². The molecule has 1 heterocycles. The fraction of sp³-hybridized carbons (Fsp3) is 0.455. The van der Waals surface area contributed by atoms with Crippen LogP contribution in [-0.4, -0.2) is 12.3 Å². The van der Waals surface area contributed by atoms with Crippen LogP contribution in [0.1, 0.15) is 24.1 Å². The molecule has 2 unspecified atom stereocenters. The number of benzene rings is 1. The highest BCUT2D eigenvalue weighted by molar-refractivity contribution is 9.10. The fourth-order valence-corrected chi connectivity index (χ4v) is 3.89. The first-order valence-electron chi connectivity index (χ1n) is 4.90. The summed E-state index contributed by atoms with van der Waals surface area (Å²) in [6, 6.07) is 3.43. The summed E-state index contributed by atoms with van der Waals surface area (Å²) in [5, 5.41) is 3.60. The fourth-order valence-electron chi connectivity index (χ4n) is 2.02. The zero-order valence-corrected chi connectivity index (χ0v) is 11.1. The molecule has 1 aliphatic rings. The van der Waals surface area contributed by atoms with Gasteiger partial charge in [-0.25, -0.2) is 4.39 Å². The van der Waals surface area contributed by atoms with E-state index in [-0.39, 0.29) is 11.9 Å². The molecule has 15 heavy (non-hydrogen) atoms. The molecule has 2 atom stereocenters. The van der Waals surface area contributed by atoms with Crippen LogP contribution in [0.4, 0.5) is 4.39 Å². The Bertz CT molecular complexity index is 383. The molecule has 0 aromatic heterocycles. The maximum absolute atomic E-state index is 13.8. The molecule has 1 N–H and O–H groups in total. The van der Waals surface area contributed by atoms with Gasteiger partial charge in [-0.15, -0.1) is 0 Å². The van der Waals surface area contributed by atoms with Crippen molar-refractivity contribution in [1.82, 2.24) is 5.32 Å². The molecule has 82 valence electrons. The van der Waals surface area contributed by atoms with Crippen molar-refractivity contribution >= 4 is 27.7 Å². The highest BCUT2D eigenvalue weighted by Gasteiger charge is 2.29. The highest BCUT2D eigenvalue weighted by Crippen LogP contribution is 2.41. The van der Waals surface area contributed by atoms with Gasteiger partial charge in [-0.2, -0.15) is 11.8 Å². The molecule has 0 saturated heterocycles. The van der Waals surface area contributed by atoms with E-state index in [1.807, 2.05) is 18.8 Å². The molecule has 0 radical (unpaired) electrons. The number of nitrogens with one attached hydrogen (secondary N) is 1. The lowest BCUT2D eigenvalue weighted by Gasteiger charge is -2.31. The van der Waals surface area contributed by atoms with Crippen LogP contribution in [0.15, 0.2) is 16.6 Å². The average Bonchev–Trinajstić information content (AvgIpc) is 2.23. The lowest BCUT2D eigenvalue weighted by Crippen LogP contribution is -2.30. The van der Waals surface area contributed by atoms with Crippen molar-refractivity contribution in [3.63, 3.8) is 0 Å². The molecule has 0 saturated carbocycles. The Balaban J connectivity index is 2.56. The number of hydrogen-bond donors (Lipinski definition) is 1. The molecule has 4 heteroatoms. The topological polar surface area (TPSA) is 12.0 Å². The quantitative estimate of drug-likeness (QED) is 0.849. The van der Waals surface area contributed by atoms with Crippen molar-refractivity contribution in [2.45, 2.75) is 24.0 Å².